The highest BCUT2D eigenvalue weighted by atomic mass is 35.5. The van der Waals surface area contributed by atoms with Crippen molar-refractivity contribution in [1.29, 1.82) is 0 Å². The lowest BCUT2D eigenvalue weighted by molar-refractivity contribution is -0.140. The number of aryl methyl sites for hydroxylation is 3. The fraction of sp³-hybridized carbons (Fsp3) is 0.297. The average Bonchev–Trinajstić information content (AvgIpc) is 2.98. The fourth-order valence-corrected chi connectivity index (χ4v) is 6.85. The summed E-state index contributed by atoms with van der Waals surface area (Å²) in [5, 5.41) is 3.50. The van der Waals surface area contributed by atoms with E-state index < -0.39 is 34.1 Å². The number of carbonyl (C=O) groups is 2. The Bertz CT molecular complexity index is 1770. The number of nitrogens with one attached hydrogen (secondary N) is 1. The van der Waals surface area contributed by atoms with E-state index in [0.29, 0.717) is 16.3 Å². The predicted molar refractivity (Wildman–Crippen MR) is 185 cm³/mol. The summed E-state index contributed by atoms with van der Waals surface area (Å²) >= 11 is 6.25. The van der Waals surface area contributed by atoms with Crippen molar-refractivity contribution >= 4 is 39.1 Å². The first-order valence-corrected chi connectivity index (χ1v) is 17.0. The van der Waals surface area contributed by atoms with Gasteiger partial charge in [-0.1, -0.05) is 89.5 Å². The fourth-order valence-electron chi connectivity index (χ4n) is 5.15. The van der Waals surface area contributed by atoms with Crippen LogP contribution in [0.3, 0.4) is 0 Å². The van der Waals surface area contributed by atoms with E-state index in [1.54, 1.807) is 37.3 Å². The zero-order valence-electron chi connectivity index (χ0n) is 27.2. The minimum atomic E-state index is -4.20. The molecule has 0 aromatic heterocycles. The molecule has 4 aromatic rings. The van der Waals surface area contributed by atoms with E-state index in [2.05, 4.69) is 5.32 Å². The van der Waals surface area contributed by atoms with Crippen LogP contribution in [-0.2, 0) is 32.6 Å². The Morgan fingerprint density at radius 3 is 1.96 bits per heavy atom. The molecule has 0 saturated heterocycles. The Hall–Kier alpha value is -4.14. The molecule has 46 heavy (non-hydrogen) atoms. The van der Waals surface area contributed by atoms with Crippen LogP contribution in [0.15, 0.2) is 102 Å². The zero-order chi connectivity index (χ0) is 33.6. The van der Waals surface area contributed by atoms with Crippen LogP contribution in [0.25, 0.3) is 0 Å². The summed E-state index contributed by atoms with van der Waals surface area (Å²) in [5.41, 5.74) is 4.00. The van der Waals surface area contributed by atoms with Gasteiger partial charge in [0.15, 0.2) is 0 Å². The van der Waals surface area contributed by atoms with Crippen molar-refractivity contribution in [2.24, 2.45) is 0 Å². The first-order valence-electron chi connectivity index (χ1n) is 15.2. The number of rotatable bonds is 11. The molecule has 0 aliphatic heterocycles. The second-order valence-corrected chi connectivity index (χ2v) is 15.0. The average molecular weight is 660 g/mol. The summed E-state index contributed by atoms with van der Waals surface area (Å²) in [7, 11) is -4.20. The topological polar surface area (TPSA) is 86.8 Å². The maximum absolute atomic E-state index is 14.6. The molecule has 0 fully saturated rings. The van der Waals surface area contributed by atoms with Crippen LogP contribution in [0, 0.1) is 20.8 Å². The van der Waals surface area contributed by atoms with Crippen molar-refractivity contribution in [3.63, 3.8) is 0 Å². The Morgan fingerprint density at radius 1 is 0.804 bits per heavy atom. The normalized spacial score (nSPS) is 12.3. The molecule has 9 heteroatoms. The maximum Gasteiger partial charge on any atom is 0.264 e. The zero-order valence-corrected chi connectivity index (χ0v) is 28.8. The minimum Gasteiger partial charge on any atom is -0.350 e. The van der Waals surface area contributed by atoms with Crippen LogP contribution < -0.4 is 9.62 Å². The molecule has 2 amide bonds. The van der Waals surface area contributed by atoms with Crippen LogP contribution in [0.1, 0.15) is 48.6 Å². The lowest BCUT2D eigenvalue weighted by atomic mass is 10.0. The van der Waals surface area contributed by atoms with E-state index in [1.807, 2.05) is 89.2 Å². The molecule has 242 valence electrons. The van der Waals surface area contributed by atoms with E-state index in [9.17, 15) is 18.0 Å². The van der Waals surface area contributed by atoms with Crippen LogP contribution >= 0.6 is 11.6 Å². The largest absolute Gasteiger partial charge is 0.350 e. The van der Waals surface area contributed by atoms with Gasteiger partial charge in [0, 0.05) is 23.5 Å². The molecule has 7 nitrogen and oxygen atoms in total. The third-order valence-corrected chi connectivity index (χ3v) is 9.57. The summed E-state index contributed by atoms with van der Waals surface area (Å²) in [6.07, 6.45) is 0.241. The highest BCUT2D eigenvalue weighted by Gasteiger charge is 2.36. The lowest BCUT2D eigenvalue weighted by Crippen LogP contribution is -2.56. The second kappa shape index (κ2) is 14.5. The lowest BCUT2D eigenvalue weighted by Gasteiger charge is -2.35. The van der Waals surface area contributed by atoms with Gasteiger partial charge in [0.05, 0.1) is 10.6 Å². The molecule has 4 rings (SSSR count). The first-order chi connectivity index (χ1) is 21.6. The summed E-state index contributed by atoms with van der Waals surface area (Å²) < 4.78 is 29.6. The summed E-state index contributed by atoms with van der Waals surface area (Å²) in [5.74, 6) is -0.844. The van der Waals surface area contributed by atoms with Gasteiger partial charge in [-0.3, -0.25) is 13.9 Å². The van der Waals surface area contributed by atoms with Crippen LogP contribution in [-0.4, -0.2) is 43.3 Å². The molecule has 0 unspecified atom stereocenters. The summed E-state index contributed by atoms with van der Waals surface area (Å²) in [6.45, 7) is 10.8. The molecule has 0 aliphatic carbocycles. The smallest absolute Gasteiger partial charge is 0.264 e. The molecule has 4 aromatic carbocycles. The first kappa shape index (κ1) is 34.7. The Kier molecular flexibility index (Phi) is 11.0. The predicted octanol–water partition coefficient (Wildman–Crippen LogP) is 7.02. The highest BCUT2D eigenvalue weighted by molar-refractivity contribution is 7.92. The van der Waals surface area contributed by atoms with Gasteiger partial charge < -0.3 is 10.2 Å². The summed E-state index contributed by atoms with van der Waals surface area (Å²) in [4.78, 5) is 30.2. The summed E-state index contributed by atoms with van der Waals surface area (Å²) in [6, 6.07) is 27.7. The minimum absolute atomic E-state index is 0.0524. The Balaban J connectivity index is 1.84. The number of hydrogen-bond acceptors (Lipinski definition) is 4. The van der Waals surface area contributed by atoms with E-state index in [1.165, 1.54) is 17.0 Å². The Labute approximate surface area is 278 Å². The molecule has 0 radical (unpaired) electrons. The number of hydrogen-bond donors (Lipinski definition) is 1. The molecular formula is C37H42ClN3O4S. The monoisotopic (exact) mass is 659 g/mol. The number of halogens is 1. The molecule has 1 N–H and O–H groups in total. The van der Waals surface area contributed by atoms with Crippen LogP contribution in [0.2, 0.25) is 5.02 Å². The van der Waals surface area contributed by atoms with Gasteiger partial charge in [-0.2, -0.15) is 0 Å². The van der Waals surface area contributed by atoms with Crippen molar-refractivity contribution < 1.29 is 18.0 Å². The van der Waals surface area contributed by atoms with Gasteiger partial charge in [-0.25, -0.2) is 8.42 Å². The van der Waals surface area contributed by atoms with Crippen molar-refractivity contribution in [3.05, 3.63) is 130 Å². The van der Waals surface area contributed by atoms with Gasteiger partial charge in [0.2, 0.25) is 11.8 Å². The van der Waals surface area contributed by atoms with Gasteiger partial charge in [0.25, 0.3) is 10.0 Å². The highest BCUT2D eigenvalue weighted by Crippen LogP contribution is 2.30. The number of nitrogens with zero attached hydrogens (tertiary/aromatic N) is 2. The molecule has 0 bridgehead atoms. The van der Waals surface area contributed by atoms with Gasteiger partial charge in [0.1, 0.15) is 12.6 Å². The third-order valence-electron chi connectivity index (χ3n) is 7.56. The molecular weight excluding hydrogens is 618 g/mol. The number of sulfonamides is 1. The molecule has 0 heterocycles. The maximum atomic E-state index is 14.6. The van der Waals surface area contributed by atoms with Gasteiger partial charge in [-0.05, 0) is 88.6 Å². The number of amides is 2. The van der Waals surface area contributed by atoms with Crippen molar-refractivity contribution in [3.8, 4) is 0 Å². The van der Waals surface area contributed by atoms with Crippen molar-refractivity contribution in [2.45, 2.75) is 71.0 Å². The van der Waals surface area contributed by atoms with Crippen LogP contribution in [0.4, 0.5) is 5.69 Å². The van der Waals surface area contributed by atoms with Crippen LogP contribution in [0.5, 0.6) is 0 Å². The van der Waals surface area contributed by atoms with Gasteiger partial charge >= 0.3 is 0 Å². The van der Waals surface area contributed by atoms with E-state index in [-0.39, 0.29) is 23.8 Å². The molecule has 0 spiro atoms. The quantitative estimate of drug-likeness (QED) is 0.188. The third kappa shape index (κ3) is 8.98. The molecule has 0 aliphatic rings. The van der Waals surface area contributed by atoms with Crippen molar-refractivity contribution in [1.82, 2.24) is 10.2 Å². The van der Waals surface area contributed by atoms with E-state index in [0.717, 1.165) is 26.6 Å². The standard InChI is InChI=1S/C37H42ClN3O4S/c1-26-12-16-30(17-13-26)24-40(34(36(43)39-37(4,5)6)23-29-10-8-7-9-11-29)35(42)25-41(33-21-18-31(38)22-28(33)3)46(44,45)32-19-14-27(2)15-20-32/h7-22,34H,23-25H2,1-6H3,(H,39,43)/t34-/m0/s1. The molecule has 1 atom stereocenters. The number of carbonyl (C=O) groups excluding carboxylic acids is 2. The van der Waals surface area contributed by atoms with E-state index in [4.69, 9.17) is 11.6 Å². The second-order valence-electron chi connectivity index (χ2n) is 12.7. The number of anilines is 1. The Morgan fingerprint density at radius 2 is 1.39 bits per heavy atom. The van der Waals surface area contributed by atoms with E-state index >= 15 is 0 Å². The molecule has 0 saturated carbocycles. The SMILES string of the molecule is Cc1ccc(CN(C(=O)CN(c2ccc(Cl)cc2C)S(=O)(=O)c2ccc(C)cc2)[C@@H](Cc2ccccc2)C(=O)NC(C)(C)C)cc1. The number of benzene rings is 4. The van der Waals surface area contributed by atoms with Crippen molar-refractivity contribution in [2.75, 3.05) is 10.8 Å². The van der Waals surface area contributed by atoms with Gasteiger partial charge in [-0.15, -0.1) is 0 Å².